The second-order valence-corrected chi connectivity index (χ2v) is 7.68. The summed E-state index contributed by atoms with van der Waals surface area (Å²) in [5, 5.41) is 11.3. The van der Waals surface area contributed by atoms with Gasteiger partial charge in [-0.25, -0.2) is 0 Å². The van der Waals surface area contributed by atoms with Crippen molar-refractivity contribution in [3.63, 3.8) is 0 Å². The topological polar surface area (TPSA) is 43.1 Å². The first kappa shape index (κ1) is 18.2. The fourth-order valence-electron chi connectivity index (χ4n) is 1.83. The lowest BCUT2D eigenvalue weighted by atomic mass is 10.1. The Bertz CT molecular complexity index is 835. The first-order valence-corrected chi connectivity index (χ1v) is 8.55. The van der Waals surface area contributed by atoms with E-state index in [1.165, 1.54) is 30.3 Å². The van der Waals surface area contributed by atoms with Crippen LogP contribution in [0.1, 0.15) is 11.1 Å². The molecule has 0 aromatic heterocycles. The standard InChI is InChI=1S/C14H9ClF5NO2S/c15-12-5-2-10(3-6-12)1-4-11-9-13(24(16,17,18,19)20)7-8-14(11)21(22)23/h1-9H/b4-1+. The fourth-order valence-corrected chi connectivity index (χ4v) is 2.63. The first-order valence-electron chi connectivity index (χ1n) is 6.22. The monoisotopic (exact) mass is 385 g/mol. The van der Waals surface area contributed by atoms with E-state index in [0.717, 1.165) is 6.08 Å². The highest BCUT2D eigenvalue weighted by Gasteiger charge is 2.65. The molecule has 0 heterocycles. The normalized spacial score (nSPS) is 15.1. The number of hydrogen-bond acceptors (Lipinski definition) is 2. The highest BCUT2D eigenvalue weighted by molar-refractivity contribution is 8.45. The number of nitrogens with zero attached hydrogens (tertiary/aromatic N) is 1. The second kappa shape index (κ2) is 5.18. The lowest BCUT2D eigenvalue weighted by Crippen LogP contribution is -2.06. The molecule has 0 aliphatic carbocycles. The van der Waals surface area contributed by atoms with Gasteiger partial charge < -0.3 is 0 Å². The van der Waals surface area contributed by atoms with Crippen molar-refractivity contribution in [2.75, 3.05) is 0 Å². The van der Waals surface area contributed by atoms with Crippen LogP contribution >= 0.6 is 21.8 Å². The lowest BCUT2D eigenvalue weighted by Gasteiger charge is -2.40. The smallest absolute Gasteiger partial charge is 0.258 e. The third-order valence-corrected chi connectivity index (χ3v) is 4.36. The van der Waals surface area contributed by atoms with Crippen molar-refractivity contribution in [1.29, 1.82) is 0 Å². The number of nitro groups is 1. The summed E-state index contributed by atoms with van der Waals surface area (Å²) < 4.78 is 64.3. The van der Waals surface area contributed by atoms with Crippen molar-refractivity contribution < 1.29 is 24.4 Å². The fraction of sp³-hybridized carbons (Fsp3) is 0. The van der Waals surface area contributed by atoms with Crippen molar-refractivity contribution >= 4 is 39.7 Å². The van der Waals surface area contributed by atoms with Gasteiger partial charge in [0.15, 0.2) is 0 Å². The molecule has 0 unspecified atom stereocenters. The Hall–Kier alpha value is -2.13. The van der Waals surface area contributed by atoms with E-state index >= 15 is 0 Å². The molecular formula is C14H9ClF5NO2S. The van der Waals surface area contributed by atoms with E-state index in [9.17, 15) is 29.5 Å². The van der Waals surface area contributed by atoms with E-state index in [4.69, 9.17) is 11.6 Å². The Morgan fingerprint density at radius 3 is 2.04 bits per heavy atom. The van der Waals surface area contributed by atoms with Crippen molar-refractivity contribution in [2.24, 2.45) is 0 Å². The molecule has 0 radical (unpaired) electrons. The minimum atomic E-state index is -9.92. The van der Waals surface area contributed by atoms with Gasteiger partial charge in [-0.15, -0.1) is 0 Å². The molecule has 0 aliphatic heterocycles. The maximum absolute atomic E-state index is 12.9. The molecule has 0 aliphatic rings. The van der Waals surface area contributed by atoms with Gasteiger partial charge in [-0.05, 0) is 35.9 Å². The zero-order chi connectivity index (χ0) is 18.2. The molecule has 0 bridgehead atoms. The van der Waals surface area contributed by atoms with Crippen LogP contribution in [0.2, 0.25) is 5.02 Å². The predicted octanol–water partition coefficient (Wildman–Crippen LogP) is 7.08. The van der Waals surface area contributed by atoms with Gasteiger partial charge in [-0.3, -0.25) is 10.1 Å². The molecule has 0 N–H and O–H groups in total. The summed E-state index contributed by atoms with van der Waals surface area (Å²) in [7, 11) is -9.92. The molecule has 0 saturated carbocycles. The van der Waals surface area contributed by atoms with Crippen molar-refractivity contribution in [2.45, 2.75) is 4.90 Å². The third kappa shape index (κ3) is 4.45. The Balaban J connectivity index is 2.54. The molecule has 0 amide bonds. The number of halogens is 6. The van der Waals surface area contributed by atoms with Crippen LogP contribution < -0.4 is 0 Å². The second-order valence-electron chi connectivity index (χ2n) is 4.83. The Labute approximate surface area is 138 Å². The van der Waals surface area contributed by atoms with E-state index in [2.05, 4.69) is 0 Å². The highest BCUT2D eigenvalue weighted by Crippen LogP contribution is 3.02. The maximum Gasteiger partial charge on any atom is 0.310 e. The third-order valence-electron chi connectivity index (χ3n) is 2.97. The van der Waals surface area contributed by atoms with Crippen molar-refractivity contribution in [3.05, 3.63) is 68.7 Å². The maximum atomic E-state index is 12.9. The van der Waals surface area contributed by atoms with Crippen LogP contribution in [-0.2, 0) is 0 Å². The van der Waals surface area contributed by atoms with Crippen LogP contribution in [0.5, 0.6) is 0 Å². The van der Waals surface area contributed by atoms with Gasteiger partial charge in [-0.1, -0.05) is 49.2 Å². The minimum Gasteiger partial charge on any atom is -0.258 e. The summed E-state index contributed by atoms with van der Waals surface area (Å²) >= 11 is 5.68. The van der Waals surface area contributed by atoms with Crippen LogP contribution in [0, 0.1) is 10.1 Å². The van der Waals surface area contributed by atoms with Crippen LogP contribution in [0.25, 0.3) is 12.2 Å². The van der Waals surface area contributed by atoms with E-state index in [1.807, 2.05) is 0 Å². The molecule has 2 aromatic rings. The number of rotatable bonds is 4. The zero-order valence-electron chi connectivity index (χ0n) is 11.6. The summed E-state index contributed by atoms with van der Waals surface area (Å²) in [4.78, 5) is 7.76. The number of benzene rings is 2. The lowest BCUT2D eigenvalue weighted by molar-refractivity contribution is -0.385. The Morgan fingerprint density at radius 1 is 0.958 bits per heavy atom. The molecule has 10 heteroatoms. The van der Waals surface area contributed by atoms with Crippen LogP contribution in [-0.4, -0.2) is 4.92 Å². The molecule has 0 atom stereocenters. The SMILES string of the molecule is O=[N+]([O-])c1ccc(S(F)(F)(F)(F)F)cc1/C=C/c1ccc(Cl)cc1. The van der Waals surface area contributed by atoms with E-state index < -0.39 is 31.3 Å². The molecule has 2 aromatic carbocycles. The van der Waals surface area contributed by atoms with Gasteiger partial charge in [-0.2, -0.15) is 0 Å². The molecule has 2 rings (SSSR count). The van der Waals surface area contributed by atoms with Gasteiger partial charge in [0, 0.05) is 11.1 Å². The molecule has 130 valence electrons. The molecular weight excluding hydrogens is 377 g/mol. The van der Waals surface area contributed by atoms with E-state index in [1.54, 1.807) is 0 Å². The molecule has 0 fully saturated rings. The predicted molar refractivity (Wildman–Crippen MR) is 84.9 cm³/mol. The average molecular weight is 386 g/mol. The summed E-state index contributed by atoms with van der Waals surface area (Å²) in [5.41, 5.74) is -0.821. The minimum absolute atomic E-state index is 0.0132. The Morgan fingerprint density at radius 2 is 1.54 bits per heavy atom. The summed E-state index contributed by atoms with van der Waals surface area (Å²) in [6.07, 6.45) is 2.22. The van der Waals surface area contributed by atoms with E-state index in [-0.39, 0.29) is 12.1 Å². The highest BCUT2D eigenvalue weighted by atomic mass is 35.5. The molecule has 0 saturated heterocycles. The van der Waals surface area contributed by atoms with Crippen LogP contribution in [0.4, 0.5) is 25.1 Å². The molecule has 24 heavy (non-hydrogen) atoms. The van der Waals surface area contributed by atoms with Gasteiger partial charge >= 0.3 is 10.2 Å². The van der Waals surface area contributed by atoms with E-state index in [0.29, 0.717) is 16.7 Å². The van der Waals surface area contributed by atoms with Crippen LogP contribution in [0.3, 0.4) is 0 Å². The largest absolute Gasteiger partial charge is 0.310 e. The van der Waals surface area contributed by atoms with Gasteiger partial charge in [0.25, 0.3) is 5.69 Å². The van der Waals surface area contributed by atoms with Crippen molar-refractivity contribution in [3.8, 4) is 0 Å². The quantitative estimate of drug-likeness (QED) is 0.244. The first-order chi connectivity index (χ1) is 10.8. The summed E-state index contributed by atoms with van der Waals surface area (Å²) in [6, 6.07) is 6.53. The molecule has 0 spiro atoms. The number of nitro benzene ring substituents is 1. The summed E-state index contributed by atoms with van der Waals surface area (Å²) in [6.45, 7) is 0. The summed E-state index contributed by atoms with van der Waals surface area (Å²) in [5.74, 6) is 0. The van der Waals surface area contributed by atoms with Crippen molar-refractivity contribution in [1.82, 2.24) is 0 Å². The Kier molecular flexibility index (Phi) is 3.93. The average Bonchev–Trinajstić information content (AvgIpc) is 2.44. The molecule has 3 nitrogen and oxygen atoms in total. The zero-order valence-corrected chi connectivity index (χ0v) is 13.2. The number of hydrogen-bond donors (Lipinski definition) is 0. The van der Waals surface area contributed by atoms with Gasteiger partial charge in [0.1, 0.15) is 4.90 Å². The van der Waals surface area contributed by atoms with Crippen LogP contribution in [0.15, 0.2) is 47.4 Å². The van der Waals surface area contributed by atoms with Gasteiger partial charge in [0.2, 0.25) is 0 Å². The van der Waals surface area contributed by atoms with Gasteiger partial charge in [0.05, 0.1) is 10.5 Å².